The minimum Gasteiger partial charge on any atom is -0.489 e. The Kier molecular flexibility index (Phi) is 7.40. The highest BCUT2D eigenvalue weighted by molar-refractivity contribution is 7.20. The first-order valence-electron chi connectivity index (χ1n) is 12.9. The number of thiophene rings is 1. The van der Waals surface area contributed by atoms with Gasteiger partial charge in [-0.3, -0.25) is 4.90 Å². The van der Waals surface area contributed by atoms with E-state index in [1.165, 1.54) is 23.0 Å². The molecule has 2 aromatic carbocycles. The Balaban J connectivity index is 1.13. The summed E-state index contributed by atoms with van der Waals surface area (Å²) in [5.41, 5.74) is 3.52. The molecule has 0 spiro atoms. The average molecular weight is 568 g/mol. The number of carboxylic acid groups (broad SMARTS) is 1. The average Bonchev–Trinajstić information content (AvgIpc) is 3.45. The standard InChI is InChI=1S/C29H27ClFN3O4S/c30-21-5-4-20(24(31)13-21)17-38-22-3-1-2-19(12-22)18-6-9-33(10-7-18)16-27-32-25-14-26(29(35)36)39-28(25)34(27)15-23-8-11-37-23/h1-6,12-14,23H,7-11,15-17H2,(H,35,36). The number of ether oxygens (including phenoxy) is 2. The van der Waals surface area contributed by atoms with Crippen LogP contribution < -0.4 is 4.74 Å². The highest BCUT2D eigenvalue weighted by atomic mass is 35.5. The summed E-state index contributed by atoms with van der Waals surface area (Å²) < 4.78 is 27.8. The number of hydrogen-bond donors (Lipinski definition) is 1. The zero-order valence-electron chi connectivity index (χ0n) is 21.1. The summed E-state index contributed by atoms with van der Waals surface area (Å²) in [7, 11) is 0. The van der Waals surface area contributed by atoms with E-state index in [9.17, 15) is 14.3 Å². The van der Waals surface area contributed by atoms with Crippen molar-refractivity contribution in [3.8, 4) is 5.75 Å². The topological polar surface area (TPSA) is 76.8 Å². The number of imidazole rings is 1. The number of nitrogens with zero attached hydrogens (tertiary/aromatic N) is 3. The van der Waals surface area contributed by atoms with Crippen LogP contribution in [0.3, 0.4) is 0 Å². The fourth-order valence-electron chi connectivity index (χ4n) is 4.91. The summed E-state index contributed by atoms with van der Waals surface area (Å²) in [6.07, 6.45) is 4.26. The maximum absolute atomic E-state index is 14.1. The summed E-state index contributed by atoms with van der Waals surface area (Å²) in [5.74, 6) is 0.319. The van der Waals surface area contributed by atoms with E-state index < -0.39 is 5.97 Å². The second-order valence-corrected chi connectivity index (χ2v) is 11.3. The van der Waals surface area contributed by atoms with Crippen LogP contribution in [0.5, 0.6) is 5.75 Å². The Morgan fingerprint density at radius 3 is 2.85 bits per heavy atom. The van der Waals surface area contributed by atoms with Gasteiger partial charge < -0.3 is 19.1 Å². The van der Waals surface area contributed by atoms with Crippen LogP contribution in [0.25, 0.3) is 15.9 Å². The molecule has 1 atom stereocenters. The van der Waals surface area contributed by atoms with Crippen molar-refractivity contribution in [2.75, 3.05) is 19.7 Å². The van der Waals surface area contributed by atoms with Gasteiger partial charge in [-0.05, 0) is 54.3 Å². The van der Waals surface area contributed by atoms with Gasteiger partial charge >= 0.3 is 5.97 Å². The summed E-state index contributed by atoms with van der Waals surface area (Å²) in [5, 5.41) is 9.77. The molecule has 2 aromatic heterocycles. The third-order valence-electron chi connectivity index (χ3n) is 7.16. The number of carbonyl (C=O) groups is 1. The molecule has 0 saturated carbocycles. The molecule has 2 aliphatic rings. The third-order valence-corrected chi connectivity index (χ3v) is 8.53. The number of hydrogen-bond acceptors (Lipinski definition) is 6. The molecule has 1 unspecified atom stereocenters. The molecule has 202 valence electrons. The van der Waals surface area contributed by atoms with Gasteiger partial charge in [0.2, 0.25) is 0 Å². The highest BCUT2D eigenvalue weighted by Gasteiger charge is 2.25. The van der Waals surface area contributed by atoms with E-state index in [2.05, 4.69) is 21.6 Å². The Hall–Kier alpha value is -3.24. The fourth-order valence-corrected chi connectivity index (χ4v) is 6.04. The van der Waals surface area contributed by atoms with E-state index in [0.29, 0.717) is 34.3 Å². The minimum absolute atomic E-state index is 0.128. The number of rotatable bonds is 9. The Morgan fingerprint density at radius 1 is 1.26 bits per heavy atom. The van der Waals surface area contributed by atoms with Crippen molar-refractivity contribution in [3.63, 3.8) is 0 Å². The molecule has 4 heterocycles. The molecule has 2 aliphatic heterocycles. The zero-order valence-corrected chi connectivity index (χ0v) is 22.7. The van der Waals surface area contributed by atoms with E-state index >= 15 is 0 Å². The molecule has 0 amide bonds. The van der Waals surface area contributed by atoms with Crippen LogP contribution in [0.2, 0.25) is 5.02 Å². The number of aromatic nitrogens is 2. The monoisotopic (exact) mass is 567 g/mol. The normalized spacial score (nSPS) is 17.7. The quantitative estimate of drug-likeness (QED) is 0.258. The van der Waals surface area contributed by atoms with Crippen LogP contribution >= 0.6 is 22.9 Å². The molecule has 1 N–H and O–H groups in total. The van der Waals surface area contributed by atoms with E-state index in [-0.39, 0.29) is 18.5 Å². The highest BCUT2D eigenvalue weighted by Crippen LogP contribution is 2.31. The first-order valence-corrected chi connectivity index (χ1v) is 14.0. The molecule has 1 fully saturated rings. The van der Waals surface area contributed by atoms with Gasteiger partial charge in [0.05, 0.1) is 19.2 Å². The molecule has 1 saturated heterocycles. The molecular weight excluding hydrogens is 541 g/mol. The van der Waals surface area contributed by atoms with Crippen LogP contribution in [-0.4, -0.2) is 51.3 Å². The number of fused-ring (bicyclic) bond motifs is 1. The van der Waals surface area contributed by atoms with Gasteiger partial charge in [-0.1, -0.05) is 35.9 Å². The molecule has 0 aliphatic carbocycles. The molecular formula is C29H27ClFN3O4S. The molecule has 7 nitrogen and oxygen atoms in total. The van der Waals surface area contributed by atoms with Crippen LogP contribution in [-0.2, 0) is 24.4 Å². The summed E-state index contributed by atoms with van der Waals surface area (Å²) in [6.45, 7) is 3.91. The number of halogens is 2. The molecule has 4 aromatic rings. The van der Waals surface area contributed by atoms with Crippen molar-refractivity contribution in [2.24, 2.45) is 0 Å². The van der Waals surface area contributed by atoms with Crippen LogP contribution in [0, 0.1) is 5.82 Å². The van der Waals surface area contributed by atoms with E-state index in [1.807, 2.05) is 18.2 Å². The lowest BCUT2D eigenvalue weighted by Crippen LogP contribution is -2.33. The lowest BCUT2D eigenvalue weighted by molar-refractivity contribution is -0.0591. The van der Waals surface area contributed by atoms with Gasteiger partial charge in [-0.25, -0.2) is 14.2 Å². The van der Waals surface area contributed by atoms with E-state index in [0.717, 1.165) is 54.3 Å². The van der Waals surface area contributed by atoms with Crippen molar-refractivity contribution in [1.82, 2.24) is 14.5 Å². The van der Waals surface area contributed by atoms with Crippen molar-refractivity contribution in [3.05, 3.63) is 87.3 Å². The van der Waals surface area contributed by atoms with Crippen LogP contribution in [0.4, 0.5) is 4.39 Å². The summed E-state index contributed by atoms with van der Waals surface area (Å²) in [4.78, 5) is 19.8. The van der Waals surface area contributed by atoms with Crippen molar-refractivity contribution in [2.45, 2.75) is 38.6 Å². The number of benzene rings is 2. The summed E-state index contributed by atoms with van der Waals surface area (Å²) >= 11 is 7.11. The van der Waals surface area contributed by atoms with E-state index in [4.69, 9.17) is 26.1 Å². The molecule has 6 rings (SSSR count). The maximum Gasteiger partial charge on any atom is 0.346 e. The van der Waals surface area contributed by atoms with Crippen molar-refractivity contribution < 1.29 is 23.8 Å². The van der Waals surface area contributed by atoms with Gasteiger partial charge in [-0.2, -0.15) is 0 Å². The third kappa shape index (κ3) is 5.72. The molecule has 10 heteroatoms. The molecule has 0 bridgehead atoms. The number of aromatic carboxylic acids is 1. The maximum atomic E-state index is 14.1. The fraction of sp³-hybridized carbons (Fsp3) is 0.310. The van der Waals surface area contributed by atoms with Gasteiger partial charge in [-0.15, -0.1) is 11.3 Å². The minimum atomic E-state index is -0.925. The zero-order chi connectivity index (χ0) is 26.9. The van der Waals surface area contributed by atoms with Gasteiger partial charge in [0, 0.05) is 30.3 Å². The second-order valence-electron chi connectivity index (χ2n) is 9.79. The Labute approximate surface area is 234 Å². The van der Waals surface area contributed by atoms with Gasteiger partial charge in [0.15, 0.2) is 0 Å². The van der Waals surface area contributed by atoms with Gasteiger partial charge in [0.1, 0.15) is 39.2 Å². The largest absolute Gasteiger partial charge is 0.489 e. The molecule has 0 radical (unpaired) electrons. The van der Waals surface area contributed by atoms with Crippen LogP contribution in [0.1, 0.15) is 39.5 Å². The number of carboxylic acids is 1. The Bertz CT molecular complexity index is 1560. The van der Waals surface area contributed by atoms with E-state index in [1.54, 1.807) is 18.2 Å². The Morgan fingerprint density at radius 2 is 2.13 bits per heavy atom. The predicted octanol–water partition coefficient (Wildman–Crippen LogP) is 6.25. The lowest BCUT2D eigenvalue weighted by Gasteiger charge is -2.29. The first-order chi connectivity index (χ1) is 18.9. The SMILES string of the molecule is O=C(O)c1cc2nc(CN3CC=C(c4cccc(OCc5ccc(Cl)cc5F)c4)CC3)n(CC3CCO3)c2s1. The first kappa shape index (κ1) is 26.0. The predicted molar refractivity (Wildman–Crippen MR) is 149 cm³/mol. The second kappa shape index (κ2) is 11.1. The van der Waals surface area contributed by atoms with Gasteiger partial charge in [0.25, 0.3) is 0 Å². The van der Waals surface area contributed by atoms with Crippen molar-refractivity contribution in [1.29, 1.82) is 0 Å². The smallest absolute Gasteiger partial charge is 0.346 e. The summed E-state index contributed by atoms with van der Waals surface area (Å²) in [6, 6.07) is 14.1. The lowest BCUT2D eigenvalue weighted by atomic mass is 9.99. The van der Waals surface area contributed by atoms with Crippen LogP contribution in [0.15, 0.2) is 54.6 Å². The van der Waals surface area contributed by atoms with Crippen molar-refractivity contribution >= 4 is 44.8 Å². The molecule has 39 heavy (non-hydrogen) atoms.